The van der Waals surface area contributed by atoms with Crippen molar-refractivity contribution in [1.82, 2.24) is 9.38 Å². The van der Waals surface area contributed by atoms with E-state index in [1.54, 1.807) is 0 Å². The minimum Gasteiger partial charge on any atom is -0.325 e. The molecule has 2 aromatic heterocycles. The van der Waals surface area contributed by atoms with Gasteiger partial charge in [-0.05, 0) is 42.7 Å². The monoisotopic (exact) mass is 282 g/mol. The maximum Gasteiger partial charge on any atom is 0.230 e. The van der Waals surface area contributed by atoms with Gasteiger partial charge < -0.3 is 15.0 Å². The Hall–Kier alpha value is -1.88. The number of piperidine rings is 1. The number of fused-ring (bicyclic) bond motifs is 2. The predicted molar refractivity (Wildman–Crippen MR) is 79.0 cm³/mol. The van der Waals surface area contributed by atoms with Crippen LogP contribution in [0, 0.1) is 11.8 Å². The third kappa shape index (κ3) is 1.67. The molecule has 1 amide bonds. The number of carbonyl (C=O) groups is 1. The molecule has 0 spiro atoms. The highest BCUT2D eigenvalue weighted by Gasteiger charge is 2.53. The van der Waals surface area contributed by atoms with E-state index < -0.39 is 0 Å². The van der Waals surface area contributed by atoms with Crippen LogP contribution in [0.2, 0.25) is 0 Å². The van der Waals surface area contributed by atoms with E-state index in [0.29, 0.717) is 18.4 Å². The van der Waals surface area contributed by atoms with Crippen LogP contribution >= 0.6 is 0 Å². The van der Waals surface area contributed by atoms with Crippen molar-refractivity contribution >= 4 is 17.2 Å². The molecule has 2 saturated carbocycles. The van der Waals surface area contributed by atoms with Gasteiger partial charge in [0.1, 0.15) is 0 Å². The zero-order chi connectivity index (χ0) is 14.1. The maximum atomic E-state index is 12.4. The number of imidazole rings is 1. The summed E-state index contributed by atoms with van der Waals surface area (Å²) < 4.78 is 2.06. The molecule has 3 aliphatic rings. The molecule has 5 nitrogen and oxygen atoms in total. The van der Waals surface area contributed by atoms with E-state index in [4.69, 9.17) is 5.73 Å². The number of amides is 1. The first-order valence-electron chi connectivity index (χ1n) is 7.77. The predicted octanol–water partition coefficient (Wildman–Crippen LogP) is 1.65. The van der Waals surface area contributed by atoms with Gasteiger partial charge in [-0.1, -0.05) is 0 Å². The Morgan fingerprint density at radius 2 is 2.19 bits per heavy atom. The van der Waals surface area contributed by atoms with Crippen molar-refractivity contribution in [3.05, 3.63) is 29.7 Å². The third-order valence-corrected chi connectivity index (χ3v) is 5.07. The van der Waals surface area contributed by atoms with E-state index >= 15 is 0 Å². The standard InChI is InChI=1S/C16H18N4O/c17-5-12-8-19-6-10(9-1-2-9)4-14(15(19)18-12)20-7-11-3-13(11)16(20)21/h4,6,8-9,11,13H,1-3,5,7,17H2. The fraction of sp³-hybridized carbons (Fsp3) is 0.500. The molecule has 1 saturated heterocycles. The van der Waals surface area contributed by atoms with E-state index in [2.05, 4.69) is 21.6 Å². The van der Waals surface area contributed by atoms with Gasteiger partial charge in [0.15, 0.2) is 5.65 Å². The summed E-state index contributed by atoms with van der Waals surface area (Å²) in [6.45, 7) is 1.29. The normalized spacial score (nSPS) is 27.5. The molecule has 2 atom stereocenters. The molecule has 3 heterocycles. The van der Waals surface area contributed by atoms with E-state index in [1.807, 2.05) is 11.1 Å². The minimum absolute atomic E-state index is 0.276. The summed E-state index contributed by atoms with van der Waals surface area (Å²) in [4.78, 5) is 19.0. The lowest BCUT2D eigenvalue weighted by Gasteiger charge is -2.20. The summed E-state index contributed by atoms with van der Waals surface area (Å²) >= 11 is 0. The average molecular weight is 282 g/mol. The van der Waals surface area contributed by atoms with Gasteiger partial charge in [0.2, 0.25) is 5.91 Å². The van der Waals surface area contributed by atoms with Gasteiger partial charge in [-0.3, -0.25) is 4.79 Å². The van der Waals surface area contributed by atoms with Crippen LogP contribution < -0.4 is 10.6 Å². The van der Waals surface area contributed by atoms with Crippen LogP contribution in [0.1, 0.15) is 36.4 Å². The second-order valence-corrected chi connectivity index (χ2v) is 6.65. The van der Waals surface area contributed by atoms with Crippen molar-refractivity contribution in [1.29, 1.82) is 0 Å². The van der Waals surface area contributed by atoms with Crippen LogP contribution in [0.15, 0.2) is 18.5 Å². The van der Waals surface area contributed by atoms with E-state index in [0.717, 1.165) is 30.0 Å². The van der Waals surface area contributed by atoms with Crippen LogP contribution in [0.25, 0.3) is 5.65 Å². The molecule has 5 heteroatoms. The molecular formula is C16H18N4O. The summed E-state index contributed by atoms with van der Waals surface area (Å²) in [6.07, 6.45) is 7.73. The topological polar surface area (TPSA) is 63.6 Å². The summed E-state index contributed by atoms with van der Waals surface area (Å²) in [5.41, 5.74) is 9.78. The average Bonchev–Trinajstić information content (AvgIpc) is 3.39. The van der Waals surface area contributed by atoms with Crippen molar-refractivity contribution < 1.29 is 4.79 Å². The zero-order valence-corrected chi connectivity index (χ0v) is 11.8. The molecule has 108 valence electrons. The van der Waals surface area contributed by atoms with Crippen LogP contribution in [0.4, 0.5) is 5.69 Å². The highest BCUT2D eigenvalue weighted by Crippen LogP contribution is 2.49. The highest BCUT2D eigenvalue weighted by atomic mass is 16.2. The smallest absolute Gasteiger partial charge is 0.230 e. The SMILES string of the molecule is NCc1cn2cc(C3CC3)cc(N3CC4CC4C3=O)c2n1. The van der Waals surface area contributed by atoms with Crippen LogP contribution in [-0.2, 0) is 11.3 Å². The van der Waals surface area contributed by atoms with Crippen LogP contribution in [0.3, 0.4) is 0 Å². The van der Waals surface area contributed by atoms with Crippen molar-refractivity contribution in [2.75, 3.05) is 11.4 Å². The van der Waals surface area contributed by atoms with E-state index in [-0.39, 0.29) is 11.8 Å². The quantitative estimate of drug-likeness (QED) is 0.931. The van der Waals surface area contributed by atoms with Crippen molar-refractivity contribution in [3.63, 3.8) is 0 Å². The molecule has 2 N–H and O–H groups in total. The second-order valence-electron chi connectivity index (χ2n) is 6.65. The molecule has 21 heavy (non-hydrogen) atoms. The Labute approximate surface area is 122 Å². The molecule has 2 unspecified atom stereocenters. The lowest BCUT2D eigenvalue weighted by molar-refractivity contribution is -0.118. The number of pyridine rings is 1. The number of aromatic nitrogens is 2. The van der Waals surface area contributed by atoms with Gasteiger partial charge in [0, 0.05) is 31.4 Å². The highest BCUT2D eigenvalue weighted by molar-refractivity contribution is 6.02. The van der Waals surface area contributed by atoms with Crippen LogP contribution in [0.5, 0.6) is 0 Å². The minimum atomic E-state index is 0.276. The number of carbonyl (C=O) groups excluding carboxylic acids is 1. The molecule has 0 bridgehead atoms. The molecule has 2 aromatic rings. The lowest BCUT2D eigenvalue weighted by Crippen LogP contribution is -2.28. The number of hydrogen-bond donors (Lipinski definition) is 1. The van der Waals surface area contributed by atoms with E-state index in [1.165, 1.54) is 18.4 Å². The summed E-state index contributed by atoms with van der Waals surface area (Å²) in [7, 11) is 0. The number of nitrogens with zero attached hydrogens (tertiary/aromatic N) is 3. The lowest BCUT2D eigenvalue weighted by atomic mass is 10.1. The molecule has 0 aromatic carbocycles. The number of rotatable bonds is 3. The van der Waals surface area contributed by atoms with Crippen molar-refractivity contribution in [2.24, 2.45) is 17.6 Å². The first-order chi connectivity index (χ1) is 10.2. The molecule has 5 rings (SSSR count). The van der Waals surface area contributed by atoms with Crippen molar-refractivity contribution in [2.45, 2.75) is 31.7 Å². The Balaban J connectivity index is 1.68. The Kier molecular flexibility index (Phi) is 2.16. The third-order valence-electron chi connectivity index (χ3n) is 5.07. The molecule has 0 radical (unpaired) electrons. The summed E-state index contributed by atoms with van der Waals surface area (Å²) in [5.74, 6) is 1.79. The van der Waals surface area contributed by atoms with Gasteiger partial charge in [-0.25, -0.2) is 4.98 Å². The summed E-state index contributed by atoms with van der Waals surface area (Å²) in [5, 5.41) is 0. The van der Waals surface area contributed by atoms with Gasteiger partial charge >= 0.3 is 0 Å². The van der Waals surface area contributed by atoms with Gasteiger partial charge in [-0.15, -0.1) is 0 Å². The molecular weight excluding hydrogens is 264 g/mol. The second kappa shape index (κ2) is 3.85. The van der Waals surface area contributed by atoms with Crippen molar-refractivity contribution in [3.8, 4) is 0 Å². The molecule has 1 aliphatic heterocycles. The fourth-order valence-electron chi connectivity index (χ4n) is 3.58. The number of hydrogen-bond acceptors (Lipinski definition) is 3. The van der Waals surface area contributed by atoms with Gasteiger partial charge in [0.05, 0.1) is 11.4 Å². The fourth-order valence-corrected chi connectivity index (χ4v) is 3.58. The summed E-state index contributed by atoms with van der Waals surface area (Å²) in [6, 6.07) is 2.18. The number of nitrogens with two attached hydrogens (primary N) is 1. The van der Waals surface area contributed by atoms with Crippen LogP contribution in [-0.4, -0.2) is 21.8 Å². The largest absolute Gasteiger partial charge is 0.325 e. The molecule has 3 fully saturated rings. The Bertz CT molecular complexity index is 761. The Morgan fingerprint density at radius 1 is 1.33 bits per heavy atom. The maximum absolute atomic E-state index is 12.4. The van der Waals surface area contributed by atoms with Gasteiger partial charge in [0.25, 0.3) is 0 Å². The van der Waals surface area contributed by atoms with E-state index in [9.17, 15) is 4.79 Å². The number of anilines is 1. The first-order valence-corrected chi connectivity index (χ1v) is 7.77. The molecule has 2 aliphatic carbocycles. The van der Waals surface area contributed by atoms with Gasteiger partial charge in [-0.2, -0.15) is 0 Å². The Morgan fingerprint density at radius 3 is 2.86 bits per heavy atom. The first kappa shape index (κ1) is 11.7. The zero-order valence-electron chi connectivity index (χ0n) is 11.8.